The monoisotopic (exact) mass is 329 g/mol. The Kier molecular flexibility index (Phi) is 5.33. The summed E-state index contributed by atoms with van der Waals surface area (Å²) >= 11 is 0. The minimum Gasteiger partial charge on any atom is -0.495 e. The summed E-state index contributed by atoms with van der Waals surface area (Å²) in [5, 5.41) is 14.0. The molecule has 1 atom stereocenters. The molecule has 1 fully saturated rings. The highest BCUT2D eigenvalue weighted by atomic mass is 32.2. The second kappa shape index (κ2) is 7.03. The van der Waals surface area contributed by atoms with Crippen molar-refractivity contribution in [1.82, 2.24) is 10.0 Å². The molecule has 1 aromatic rings. The van der Waals surface area contributed by atoms with E-state index in [1.165, 1.54) is 19.2 Å². The Hall–Kier alpha value is -1.71. The van der Waals surface area contributed by atoms with Gasteiger partial charge >= 0.3 is 0 Å². The molecular formula is C13H19N3O5S. The van der Waals surface area contributed by atoms with E-state index in [0.717, 1.165) is 32.0 Å². The fraction of sp³-hybridized carbons (Fsp3) is 0.538. The zero-order valence-electron chi connectivity index (χ0n) is 12.2. The smallest absolute Gasteiger partial charge is 0.271 e. The molecule has 1 aromatic carbocycles. The minimum absolute atomic E-state index is 0.0832. The maximum absolute atomic E-state index is 12.4. The summed E-state index contributed by atoms with van der Waals surface area (Å²) < 4.78 is 32.3. The molecule has 1 aliphatic heterocycles. The largest absolute Gasteiger partial charge is 0.495 e. The van der Waals surface area contributed by atoms with Gasteiger partial charge < -0.3 is 10.1 Å². The lowest BCUT2D eigenvalue weighted by molar-refractivity contribution is -0.385. The summed E-state index contributed by atoms with van der Waals surface area (Å²) in [6.45, 7) is 2.00. The third-order valence-corrected chi connectivity index (χ3v) is 5.05. The number of ether oxygens (including phenoxy) is 1. The topological polar surface area (TPSA) is 111 Å². The van der Waals surface area contributed by atoms with E-state index in [2.05, 4.69) is 10.0 Å². The lowest BCUT2D eigenvalue weighted by atomic mass is 10.0. The molecular weight excluding hydrogens is 310 g/mol. The zero-order chi connectivity index (χ0) is 16.2. The van der Waals surface area contributed by atoms with Gasteiger partial charge in [0.1, 0.15) is 10.6 Å². The third-order valence-electron chi connectivity index (χ3n) is 3.61. The van der Waals surface area contributed by atoms with Crippen LogP contribution in [0.1, 0.15) is 12.8 Å². The summed E-state index contributed by atoms with van der Waals surface area (Å²) in [6.07, 6.45) is 1.95. The molecule has 0 saturated carbocycles. The lowest BCUT2D eigenvalue weighted by Gasteiger charge is -2.23. The molecule has 0 amide bonds. The fourth-order valence-electron chi connectivity index (χ4n) is 2.39. The number of nitrogens with zero attached hydrogens (tertiary/aromatic N) is 1. The number of non-ortho nitro benzene ring substituents is 1. The normalized spacial score (nSPS) is 18.9. The Bertz CT molecular complexity index is 641. The number of nitrogens with one attached hydrogen (secondary N) is 2. The number of nitro groups is 1. The van der Waals surface area contributed by atoms with Crippen molar-refractivity contribution in [3.8, 4) is 5.75 Å². The van der Waals surface area contributed by atoms with Crippen molar-refractivity contribution in [2.24, 2.45) is 5.92 Å². The van der Waals surface area contributed by atoms with Gasteiger partial charge in [-0.3, -0.25) is 10.1 Å². The molecule has 1 aliphatic rings. The van der Waals surface area contributed by atoms with Crippen LogP contribution in [0.15, 0.2) is 23.1 Å². The van der Waals surface area contributed by atoms with E-state index in [-0.39, 0.29) is 22.3 Å². The average Bonchev–Trinajstić information content (AvgIpc) is 2.53. The fourth-order valence-corrected chi connectivity index (χ4v) is 3.70. The number of sulfonamides is 1. The second-order valence-corrected chi connectivity index (χ2v) is 6.89. The van der Waals surface area contributed by atoms with Gasteiger partial charge in [-0.25, -0.2) is 13.1 Å². The number of rotatable bonds is 6. The number of hydrogen-bond acceptors (Lipinski definition) is 6. The molecule has 22 heavy (non-hydrogen) atoms. The molecule has 122 valence electrons. The van der Waals surface area contributed by atoms with Crippen LogP contribution in [0.3, 0.4) is 0 Å². The van der Waals surface area contributed by atoms with Crippen LogP contribution >= 0.6 is 0 Å². The number of methoxy groups -OCH3 is 1. The number of hydrogen-bond donors (Lipinski definition) is 2. The summed E-state index contributed by atoms with van der Waals surface area (Å²) in [4.78, 5) is 9.98. The van der Waals surface area contributed by atoms with Crippen molar-refractivity contribution in [3.05, 3.63) is 28.3 Å². The van der Waals surface area contributed by atoms with Crippen molar-refractivity contribution in [3.63, 3.8) is 0 Å². The van der Waals surface area contributed by atoms with Gasteiger partial charge in [-0.2, -0.15) is 0 Å². The number of benzene rings is 1. The van der Waals surface area contributed by atoms with E-state index >= 15 is 0 Å². The Morgan fingerprint density at radius 3 is 2.86 bits per heavy atom. The Balaban J connectivity index is 2.19. The molecule has 0 aromatic heterocycles. The van der Waals surface area contributed by atoms with Gasteiger partial charge in [0.05, 0.1) is 12.0 Å². The first-order valence-electron chi connectivity index (χ1n) is 6.97. The molecule has 8 nitrogen and oxygen atoms in total. The van der Waals surface area contributed by atoms with Crippen LogP contribution < -0.4 is 14.8 Å². The molecule has 2 N–H and O–H groups in total. The van der Waals surface area contributed by atoms with Crippen LogP contribution in [0, 0.1) is 16.0 Å². The first-order valence-corrected chi connectivity index (χ1v) is 8.45. The quantitative estimate of drug-likeness (QED) is 0.592. The van der Waals surface area contributed by atoms with E-state index in [1.54, 1.807) is 0 Å². The van der Waals surface area contributed by atoms with Crippen LogP contribution in [0.5, 0.6) is 5.75 Å². The van der Waals surface area contributed by atoms with Gasteiger partial charge in [-0.15, -0.1) is 0 Å². The Morgan fingerprint density at radius 1 is 1.50 bits per heavy atom. The predicted molar refractivity (Wildman–Crippen MR) is 80.4 cm³/mol. The van der Waals surface area contributed by atoms with Crippen molar-refractivity contribution in [2.45, 2.75) is 17.7 Å². The van der Waals surface area contributed by atoms with E-state index in [4.69, 9.17) is 4.74 Å². The molecule has 0 spiro atoms. The van der Waals surface area contributed by atoms with Crippen molar-refractivity contribution >= 4 is 15.7 Å². The lowest BCUT2D eigenvalue weighted by Crippen LogP contribution is -2.38. The second-order valence-electron chi connectivity index (χ2n) is 5.16. The van der Waals surface area contributed by atoms with Crippen molar-refractivity contribution < 1.29 is 18.1 Å². The molecule has 0 bridgehead atoms. The standard InChI is InChI=1S/C13H19N3O5S/c1-21-12-5-4-11(16(17)18)7-13(12)22(19,20)15-9-10-3-2-6-14-8-10/h4-5,7,10,14-15H,2-3,6,8-9H2,1H3. The highest BCUT2D eigenvalue weighted by Crippen LogP contribution is 2.28. The SMILES string of the molecule is COc1ccc([N+](=O)[O-])cc1S(=O)(=O)NCC1CCCNC1. The zero-order valence-corrected chi connectivity index (χ0v) is 13.1. The maximum Gasteiger partial charge on any atom is 0.271 e. The predicted octanol–water partition coefficient (Wildman–Crippen LogP) is 0.881. The first-order chi connectivity index (χ1) is 10.4. The average molecular weight is 329 g/mol. The molecule has 1 heterocycles. The highest BCUT2D eigenvalue weighted by Gasteiger charge is 2.24. The summed E-state index contributed by atoms with van der Waals surface area (Å²) in [7, 11) is -2.54. The molecule has 0 radical (unpaired) electrons. The van der Waals surface area contributed by atoms with Gasteiger partial charge in [0.25, 0.3) is 5.69 Å². The first kappa shape index (κ1) is 16.7. The minimum atomic E-state index is -3.87. The number of piperidine rings is 1. The van der Waals surface area contributed by atoms with Gasteiger partial charge in [0.15, 0.2) is 0 Å². The van der Waals surface area contributed by atoms with Gasteiger partial charge in [0.2, 0.25) is 10.0 Å². The van der Waals surface area contributed by atoms with E-state index in [0.29, 0.717) is 6.54 Å². The van der Waals surface area contributed by atoms with Crippen LogP contribution in [0.2, 0.25) is 0 Å². The molecule has 1 saturated heterocycles. The van der Waals surface area contributed by atoms with Crippen LogP contribution in [0.4, 0.5) is 5.69 Å². The third kappa shape index (κ3) is 3.93. The van der Waals surface area contributed by atoms with E-state index in [9.17, 15) is 18.5 Å². The summed E-state index contributed by atoms with van der Waals surface area (Å²) in [5.41, 5.74) is -0.291. The van der Waals surface area contributed by atoms with E-state index < -0.39 is 14.9 Å². The Morgan fingerprint density at radius 2 is 2.27 bits per heavy atom. The summed E-state index contributed by atoms with van der Waals surface area (Å²) in [5.74, 6) is 0.299. The molecule has 1 unspecified atom stereocenters. The Labute approximate surface area is 129 Å². The summed E-state index contributed by atoms with van der Waals surface area (Å²) in [6, 6.07) is 3.51. The maximum atomic E-state index is 12.4. The van der Waals surface area contributed by atoms with E-state index in [1.807, 2.05) is 0 Å². The molecule has 9 heteroatoms. The van der Waals surface area contributed by atoms with Gasteiger partial charge in [-0.1, -0.05) is 0 Å². The highest BCUT2D eigenvalue weighted by molar-refractivity contribution is 7.89. The molecule has 2 rings (SSSR count). The molecule has 0 aliphatic carbocycles. The van der Waals surface area contributed by atoms with Crippen LogP contribution in [-0.2, 0) is 10.0 Å². The van der Waals surface area contributed by atoms with Crippen molar-refractivity contribution in [1.29, 1.82) is 0 Å². The van der Waals surface area contributed by atoms with Crippen LogP contribution in [0.25, 0.3) is 0 Å². The van der Waals surface area contributed by atoms with Gasteiger partial charge in [0, 0.05) is 18.7 Å². The van der Waals surface area contributed by atoms with Gasteiger partial charge in [-0.05, 0) is 37.9 Å². The van der Waals surface area contributed by atoms with Crippen molar-refractivity contribution in [2.75, 3.05) is 26.7 Å². The van der Waals surface area contributed by atoms with Crippen LogP contribution in [-0.4, -0.2) is 40.1 Å². The number of nitro benzene ring substituents is 1.